The Morgan fingerprint density at radius 3 is 2.44 bits per heavy atom. The van der Waals surface area contributed by atoms with Crippen molar-refractivity contribution in [1.82, 2.24) is 0 Å². The Hall–Kier alpha value is -1.16. The highest BCUT2D eigenvalue weighted by atomic mass is 32.1. The molecule has 18 heavy (non-hydrogen) atoms. The molecule has 3 nitrogen and oxygen atoms in total. The first kappa shape index (κ1) is 14.9. The molecule has 0 bridgehead atoms. The summed E-state index contributed by atoms with van der Waals surface area (Å²) in [5.74, 6) is 1.74. The number of carbonyl (C=O) groups excluding carboxylic acids is 1. The van der Waals surface area contributed by atoms with Gasteiger partial charge >= 0.3 is 5.97 Å². The van der Waals surface area contributed by atoms with Crippen molar-refractivity contribution in [2.24, 2.45) is 5.92 Å². The third kappa shape index (κ3) is 4.61. The highest BCUT2D eigenvalue weighted by Crippen LogP contribution is 2.15. The summed E-state index contributed by atoms with van der Waals surface area (Å²) in [6, 6.07) is 7.01. The fraction of sp³-hybridized carbons (Fsp3) is 0.500. The summed E-state index contributed by atoms with van der Waals surface area (Å²) in [7, 11) is 0. The standard InChI is InChI=1S/C14H20O3S/c1-3-11(10-18)9-17-13-7-5-12(6-8-13)14(15)16-4-2/h5-8,11,18H,3-4,9-10H2,1-2H3. The molecule has 0 aliphatic rings. The summed E-state index contributed by atoms with van der Waals surface area (Å²) in [5, 5.41) is 0. The maximum atomic E-state index is 11.4. The number of hydrogen-bond donors (Lipinski definition) is 1. The van der Waals surface area contributed by atoms with Crippen LogP contribution in [0.3, 0.4) is 0 Å². The van der Waals surface area contributed by atoms with Gasteiger partial charge in [0.15, 0.2) is 0 Å². The Kier molecular flexibility index (Phi) is 6.65. The van der Waals surface area contributed by atoms with Gasteiger partial charge in [0, 0.05) is 5.92 Å². The van der Waals surface area contributed by atoms with E-state index in [0.29, 0.717) is 24.7 Å². The number of esters is 1. The molecule has 0 N–H and O–H groups in total. The van der Waals surface area contributed by atoms with E-state index in [-0.39, 0.29) is 5.97 Å². The van der Waals surface area contributed by atoms with Gasteiger partial charge < -0.3 is 9.47 Å². The zero-order chi connectivity index (χ0) is 13.4. The fourth-order valence-corrected chi connectivity index (χ4v) is 1.78. The van der Waals surface area contributed by atoms with Crippen molar-refractivity contribution in [2.75, 3.05) is 19.0 Å². The van der Waals surface area contributed by atoms with Gasteiger partial charge in [-0.25, -0.2) is 4.79 Å². The maximum absolute atomic E-state index is 11.4. The second-order valence-electron chi connectivity index (χ2n) is 4.01. The molecule has 4 heteroatoms. The van der Waals surface area contributed by atoms with Crippen molar-refractivity contribution in [2.45, 2.75) is 20.3 Å². The fourth-order valence-electron chi connectivity index (χ4n) is 1.42. The van der Waals surface area contributed by atoms with E-state index in [4.69, 9.17) is 9.47 Å². The second kappa shape index (κ2) is 8.03. The minimum Gasteiger partial charge on any atom is -0.493 e. The molecule has 1 rings (SSSR count). The number of ether oxygens (including phenoxy) is 2. The SMILES string of the molecule is CCOC(=O)c1ccc(OCC(CC)CS)cc1. The van der Waals surface area contributed by atoms with E-state index in [0.717, 1.165) is 17.9 Å². The normalized spacial score (nSPS) is 11.9. The summed E-state index contributed by atoms with van der Waals surface area (Å²) in [5.41, 5.74) is 0.547. The van der Waals surface area contributed by atoms with E-state index in [1.54, 1.807) is 31.2 Å². The van der Waals surface area contributed by atoms with E-state index in [9.17, 15) is 4.79 Å². The summed E-state index contributed by atoms with van der Waals surface area (Å²) < 4.78 is 10.6. The summed E-state index contributed by atoms with van der Waals surface area (Å²) in [4.78, 5) is 11.4. The topological polar surface area (TPSA) is 35.5 Å². The number of thiol groups is 1. The van der Waals surface area contributed by atoms with E-state index >= 15 is 0 Å². The summed E-state index contributed by atoms with van der Waals surface area (Å²) >= 11 is 4.27. The van der Waals surface area contributed by atoms with E-state index in [1.807, 2.05) is 0 Å². The quantitative estimate of drug-likeness (QED) is 0.609. The molecule has 0 spiro atoms. The molecule has 0 amide bonds. The monoisotopic (exact) mass is 268 g/mol. The van der Waals surface area contributed by atoms with Crippen molar-refractivity contribution in [3.8, 4) is 5.75 Å². The molecule has 0 radical (unpaired) electrons. The lowest BCUT2D eigenvalue weighted by molar-refractivity contribution is 0.0526. The molecule has 1 aromatic rings. The van der Waals surface area contributed by atoms with Gasteiger partial charge in [0.05, 0.1) is 18.8 Å². The highest BCUT2D eigenvalue weighted by molar-refractivity contribution is 7.80. The van der Waals surface area contributed by atoms with Crippen molar-refractivity contribution < 1.29 is 14.3 Å². The predicted octanol–water partition coefficient (Wildman–Crippen LogP) is 3.20. The molecule has 0 saturated heterocycles. The third-order valence-electron chi connectivity index (χ3n) is 2.69. The molecule has 0 fully saturated rings. The first-order chi connectivity index (χ1) is 8.71. The zero-order valence-electron chi connectivity index (χ0n) is 10.9. The van der Waals surface area contributed by atoms with Crippen LogP contribution in [0.2, 0.25) is 0 Å². The minimum atomic E-state index is -0.300. The average molecular weight is 268 g/mol. The van der Waals surface area contributed by atoms with Crippen LogP contribution in [-0.4, -0.2) is 24.9 Å². The number of rotatable bonds is 7. The molecule has 0 aromatic heterocycles. The van der Waals surface area contributed by atoms with Gasteiger partial charge in [-0.05, 0) is 43.4 Å². The smallest absolute Gasteiger partial charge is 0.338 e. The van der Waals surface area contributed by atoms with Crippen LogP contribution >= 0.6 is 12.6 Å². The Labute approximate surface area is 114 Å². The van der Waals surface area contributed by atoms with Crippen LogP contribution in [-0.2, 0) is 4.74 Å². The molecule has 1 atom stereocenters. The van der Waals surface area contributed by atoms with Crippen LogP contribution in [0, 0.1) is 5.92 Å². The zero-order valence-corrected chi connectivity index (χ0v) is 11.8. The van der Waals surface area contributed by atoms with E-state index < -0.39 is 0 Å². The molecule has 0 aliphatic carbocycles. The van der Waals surface area contributed by atoms with Gasteiger partial charge in [0.25, 0.3) is 0 Å². The van der Waals surface area contributed by atoms with Crippen LogP contribution in [0.5, 0.6) is 5.75 Å². The van der Waals surface area contributed by atoms with Crippen molar-refractivity contribution in [1.29, 1.82) is 0 Å². The molecule has 1 aromatic carbocycles. The minimum absolute atomic E-state index is 0.300. The van der Waals surface area contributed by atoms with E-state index in [1.165, 1.54) is 0 Å². The largest absolute Gasteiger partial charge is 0.493 e. The van der Waals surface area contributed by atoms with Gasteiger partial charge in [-0.2, -0.15) is 12.6 Å². The lowest BCUT2D eigenvalue weighted by atomic mass is 10.1. The Bertz CT molecular complexity index is 358. The maximum Gasteiger partial charge on any atom is 0.338 e. The molecule has 0 saturated carbocycles. The Morgan fingerprint density at radius 1 is 1.28 bits per heavy atom. The lowest BCUT2D eigenvalue weighted by Crippen LogP contribution is -2.12. The Balaban J connectivity index is 2.52. The van der Waals surface area contributed by atoms with Crippen molar-refractivity contribution in [3.63, 3.8) is 0 Å². The third-order valence-corrected chi connectivity index (χ3v) is 3.20. The van der Waals surface area contributed by atoms with Gasteiger partial charge in [-0.1, -0.05) is 6.92 Å². The number of carbonyl (C=O) groups is 1. The van der Waals surface area contributed by atoms with Crippen LogP contribution in [0.4, 0.5) is 0 Å². The van der Waals surface area contributed by atoms with E-state index in [2.05, 4.69) is 19.6 Å². The van der Waals surface area contributed by atoms with Crippen LogP contribution < -0.4 is 4.74 Å². The van der Waals surface area contributed by atoms with Crippen LogP contribution in [0.15, 0.2) is 24.3 Å². The van der Waals surface area contributed by atoms with Crippen molar-refractivity contribution >= 4 is 18.6 Å². The second-order valence-corrected chi connectivity index (χ2v) is 4.38. The molecule has 0 heterocycles. The van der Waals surface area contributed by atoms with Crippen LogP contribution in [0.25, 0.3) is 0 Å². The van der Waals surface area contributed by atoms with Gasteiger partial charge in [0.2, 0.25) is 0 Å². The van der Waals surface area contributed by atoms with Gasteiger partial charge in [0.1, 0.15) is 5.75 Å². The molecule has 0 aliphatic heterocycles. The van der Waals surface area contributed by atoms with Gasteiger partial charge in [-0.3, -0.25) is 0 Å². The van der Waals surface area contributed by atoms with Crippen molar-refractivity contribution in [3.05, 3.63) is 29.8 Å². The summed E-state index contributed by atoms with van der Waals surface area (Å²) in [6.45, 7) is 4.95. The van der Waals surface area contributed by atoms with Gasteiger partial charge in [-0.15, -0.1) is 0 Å². The predicted molar refractivity (Wildman–Crippen MR) is 75.5 cm³/mol. The first-order valence-electron chi connectivity index (χ1n) is 6.22. The molecule has 1 unspecified atom stereocenters. The molecular formula is C14H20O3S. The molecular weight excluding hydrogens is 248 g/mol. The van der Waals surface area contributed by atoms with Crippen LogP contribution in [0.1, 0.15) is 30.6 Å². The summed E-state index contributed by atoms with van der Waals surface area (Å²) in [6.07, 6.45) is 1.05. The lowest BCUT2D eigenvalue weighted by Gasteiger charge is -2.13. The molecule has 100 valence electrons. The average Bonchev–Trinajstić information content (AvgIpc) is 2.41. The first-order valence-corrected chi connectivity index (χ1v) is 6.85. The Morgan fingerprint density at radius 2 is 1.94 bits per heavy atom. The number of benzene rings is 1. The highest BCUT2D eigenvalue weighted by Gasteiger charge is 2.07. The number of hydrogen-bond acceptors (Lipinski definition) is 4.